The zero-order chi connectivity index (χ0) is 30.2. The van der Waals surface area contributed by atoms with E-state index in [4.69, 9.17) is 21.2 Å². The molecule has 41 heavy (non-hydrogen) atoms. The third kappa shape index (κ3) is 9.36. The van der Waals surface area contributed by atoms with E-state index in [1.54, 1.807) is 39.8 Å². The molecule has 0 spiro atoms. The average Bonchev–Trinajstić information content (AvgIpc) is 2.90. The zero-order valence-corrected chi connectivity index (χ0v) is 24.1. The molecule has 12 heteroatoms. The number of fused-ring (bicyclic) bond motifs is 1. The van der Waals surface area contributed by atoms with Gasteiger partial charge in [0.15, 0.2) is 0 Å². The Balaban J connectivity index is 1.66. The summed E-state index contributed by atoms with van der Waals surface area (Å²) in [6, 6.07) is 10.0. The van der Waals surface area contributed by atoms with E-state index in [1.807, 2.05) is 0 Å². The number of ether oxygens (including phenoxy) is 1. The maximum absolute atomic E-state index is 13.8. The molecule has 9 nitrogen and oxygen atoms in total. The van der Waals surface area contributed by atoms with E-state index in [9.17, 15) is 23.2 Å². The minimum atomic E-state index is -1.12. The summed E-state index contributed by atoms with van der Waals surface area (Å²) in [6.45, 7) is 6.91. The molecule has 0 aliphatic carbocycles. The first-order valence-corrected chi connectivity index (χ1v) is 13.3. The second-order valence-electron chi connectivity index (χ2n) is 10.7. The molecular formula is C29H33ClF2N4O5. The van der Waals surface area contributed by atoms with Gasteiger partial charge in [0.2, 0.25) is 12.3 Å². The topological polar surface area (TPSA) is 110 Å². The SMILES string of the molecule is CC(C)(C)ON(C=O)CCC(C)(CCOC(=O)Nc1cc2cc(F)ccc2cn1)C(=O)NCc1cccc(F)c1Cl. The number of anilines is 1. The van der Waals surface area contributed by atoms with E-state index < -0.39 is 34.7 Å². The van der Waals surface area contributed by atoms with Gasteiger partial charge in [-0.15, -0.1) is 0 Å². The van der Waals surface area contributed by atoms with Gasteiger partial charge in [-0.3, -0.25) is 19.7 Å². The Morgan fingerprint density at radius 3 is 2.54 bits per heavy atom. The number of nitrogens with one attached hydrogen (secondary N) is 2. The van der Waals surface area contributed by atoms with Gasteiger partial charge in [-0.2, -0.15) is 0 Å². The molecule has 0 saturated carbocycles. The van der Waals surface area contributed by atoms with Crippen LogP contribution in [-0.2, 0) is 25.7 Å². The summed E-state index contributed by atoms with van der Waals surface area (Å²) in [7, 11) is 0. The predicted octanol–water partition coefficient (Wildman–Crippen LogP) is 6.01. The van der Waals surface area contributed by atoms with Crippen molar-refractivity contribution >= 4 is 46.6 Å². The summed E-state index contributed by atoms with van der Waals surface area (Å²) in [5.74, 6) is -1.27. The van der Waals surface area contributed by atoms with Crippen molar-refractivity contribution in [2.24, 2.45) is 5.41 Å². The molecule has 0 aliphatic heterocycles. The summed E-state index contributed by atoms with van der Waals surface area (Å²) in [4.78, 5) is 47.1. The van der Waals surface area contributed by atoms with Crippen LogP contribution in [-0.4, -0.2) is 47.2 Å². The van der Waals surface area contributed by atoms with Crippen molar-refractivity contribution in [3.8, 4) is 0 Å². The lowest BCUT2D eigenvalue weighted by atomic mass is 9.82. The normalized spacial score (nSPS) is 12.9. The number of amides is 3. The Kier molecular flexibility index (Phi) is 10.6. The first-order valence-electron chi connectivity index (χ1n) is 12.9. The summed E-state index contributed by atoms with van der Waals surface area (Å²) in [5, 5.41) is 7.52. The quantitative estimate of drug-likeness (QED) is 0.198. The fourth-order valence-electron chi connectivity index (χ4n) is 3.94. The molecule has 2 N–H and O–H groups in total. The van der Waals surface area contributed by atoms with E-state index in [2.05, 4.69) is 15.6 Å². The van der Waals surface area contributed by atoms with Crippen LogP contribution in [0.5, 0.6) is 0 Å². The highest BCUT2D eigenvalue weighted by molar-refractivity contribution is 6.31. The molecule has 3 aromatic rings. The van der Waals surface area contributed by atoms with Crippen LogP contribution < -0.4 is 10.6 Å². The maximum Gasteiger partial charge on any atom is 0.412 e. The van der Waals surface area contributed by atoms with Gasteiger partial charge in [-0.1, -0.05) is 30.7 Å². The summed E-state index contributed by atoms with van der Waals surface area (Å²) >= 11 is 6.02. The third-order valence-electron chi connectivity index (χ3n) is 6.21. The highest BCUT2D eigenvalue weighted by atomic mass is 35.5. The first kappa shape index (κ1) is 31.7. The van der Waals surface area contributed by atoms with Gasteiger partial charge >= 0.3 is 6.09 Å². The Morgan fingerprint density at radius 2 is 1.83 bits per heavy atom. The van der Waals surface area contributed by atoms with Gasteiger partial charge in [-0.25, -0.2) is 23.6 Å². The Labute approximate surface area is 242 Å². The van der Waals surface area contributed by atoms with Crippen molar-refractivity contribution in [2.45, 2.75) is 52.7 Å². The molecule has 3 rings (SSSR count). The van der Waals surface area contributed by atoms with Crippen molar-refractivity contribution in [3.63, 3.8) is 0 Å². The van der Waals surface area contributed by atoms with Crippen LogP contribution in [0.3, 0.4) is 0 Å². The monoisotopic (exact) mass is 590 g/mol. The van der Waals surface area contributed by atoms with E-state index in [-0.39, 0.29) is 43.4 Å². The number of hydrogen-bond acceptors (Lipinski definition) is 6. The van der Waals surface area contributed by atoms with Crippen LogP contribution in [0.2, 0.25) is 5.02 Å². The van der Waals surface area contributed by atoms with E-state index in [0.717, 1.165) is 5.06 Å². The molecule has 1 atom stereocenters. The number of carbonyl (C=O) groups excluding carboxylic acids is 3. The molecular weight excluding hydrogens is 558 g/mol. The molecule has 0 bridgehead atoms. The lowest BCUT2D eigenvalue weighted by Crippen LogP contribution is -2.43. The Morgan fingerprint density at radius 1 is 1.07 bits per heavy atom. The molecule has 1 heterocycles. The Hall–Kier alpha value is -3.83. The molecule has 220 valence electrons. The second-order valence-corrected chi connectivity index (χ2v) is 11.1. The fraction of sp³-hybridized carbons (Fsp3) is 0.379. The number of benzene rings is 2. The van der Waals surface area contributed by atoms with E-state index >= 15 is 0 Å². The van der Waals surface area contributed by atoms with Crippen molar-refractivity contribution < 1.29 is 32.7 Å². The lowest BCUT2D eigenvalue weighted by molar-refractivity contribution is -0.218. The molecule has 1 unspecified atom stereocenters. The molecule has 0 radical (unpaired) electrons. The van der Waals surface area contributed by atoms with Gasteiger partial charge in [0.05, 0.1) is 22.6 Å². The van der Waals surface area contributed by atoms with Crippen LogP contribution in [0.25, 0.3) is 10.8 Å². The molecule has 0 fully saturated rings. The molecule has 2 aromatic carbocycles. The number of pyridine rings is 1. The van der Waals surface area contributed by atoms with Gasteiger partial charge in [0.1, 0.15) is 17.5 Å². The van der Waals surface area contributed by atoms with Gasteiger partial charge in [-0.05, 0) is 74.9 Å². The predicted molar refractivity (Wildman–Crippen MR) is 151 cm³/mol. The van der Waals surface area contributed by atoms with Crippen LogP contribution in [0, 0.1) is 17.0 Å². The van der Waals surface area contributed by atoms with Crippen molar-refractivity contribution in [2.75, 3.05) is 18.5 Å². The number of hydrogen-bond donors (Lipinski definition) is 2. The van der Waals surface area contributed by atoms with Gasteiger partial charge in [0, 0.05) is 24.7 Å². The lowest BCUT2D eigenvalue weighted by Gasteiger charge is -2.32. The minimum Gasteiger partial charge on any atom is -0.449 e. The summed E-state index contributed by atoms with van der Waals surface area (Å²) < 4.78 is 32.7. The van der Waals surface area contributed by atoms with Gasteiger partial charge < -0.3 is 10.1 Å². The zero-order valence-electron chi connectivity index (χ0n) is 23.3. The molecule has 0 saturated heterocycles. The number of rotatable bonds is 12. The number of carbonyl (C=O) groups is 3. The second kappa shape index (κ2) is 13.7. The molecule has 1 aromatic heterocycles. The maximum atomic E-state index is 13.8. The fourth-order valence-corrected chi connectivity index (χ4v) is 4.14. The van der Waals surface area contributed by atoms with E-state index in [0.29, 0.717) is 22.7 Å². The Bertz CT molecular complexity index is 1400. The largest absolute Gasteiger partial charge is 0.449 e. The number of nitrogens with zero attached hydrogens (tertiary/aromatic N) is 2. The summed E-state index contributed by atoms with van der Waals surface area (Å²) in [5.41, 5.74) is -1.37. The highest BCUT2D eigenvalue weighted by Gasteiger charge is 2.34. The summed E-state index contributed by atoms with van der Waals surface area (Å²) in [6.07, 6.45) is 1.46. The highest BCUT2D eigenvalue weighted by Crippen LogP contribution is 2.29. The van der Waals surface area contributed by atoms with Crippen LogP contribution in [0.1, 0.15) is 46.1 Å². The molecule has 0 aliphatic rings. The number of hydroxylamine groups is 2. The van der Waals surface area contributed by atoms with Crippen LogP contribution in [0.4, 0.5) is 19.4 Å². The number of halogens is 3. The smallest absolute Gasteiger partial charge is 0.412 e. The standard InChI is InChI=1S/C29H33ClF2N4O5/c1-28(2,3)41-36(18-37)12-10-29(4,26(38)34-17-20-6-5-7-23(32)25(20)30)11-13-40-27(39)35-24-15-21-14-22(31)9-8-19(21)16-33-24/h5-9,14-16,18H,10-13,17H2,1-4H3,(H,34,38)(H,33,35,39). The van der Waals surface area contributed by atoms with Crippen molar-refractivity contribution in [1.29, 1.82) is 0 Å². The number of aromatic nitrogens is 1. The average molecular weight is 591 g/mol. The minimum absolute atomic E-state index is 0.0313. The molecule has 3 amide bonds. The third-order valence-corrected chi connectivity index (χ3v) is 6.64. The first-order chi connectivity index (χ1) is 19.3. The van der Waals surface area contributed by atoms with Gasteiger partial charge in [0.25, 0.3) is 0 Å². The van der Waals surface area contributed by atoms with Crippen LogP contribution >= 0.6 is 11.6 Å². The van der Waals surface area contributed by atoms with E-state index in [1.165, 1.54) is 36.5 Å². The van der Waals surface area contributed by atoms with Crippen LogP contribution in [0.15, 0.2) is 48.7 Å². The van der Waals surface area contributed by atoms with Crippen molar-refractivity contribution in [1.82, 2.24) is 15.4 Å². The van der Waals surface area contributed by atoms with Crippen molar-refractivity contribution in [3.05, 3.63) is 70.9 Å².